The smallest absolute Gasteiger partial charge is 0.332 e. The summed E-state index contributed by atoms with van der Waals surface area (Å²) in [5.74, 6) is -10.2. The van der Waals surface area contributed by atoms with Crippen LogP contribution in [0.5, 0.6) is 0 Å². The van der Waals surface area contributed by atoms with Gasteiger partial charge in [-0.3, -0.25) is 48.5 Å². The number of hydrazine groups is 2. The maximum atomic E-state index is 15.2. The summed E-state index contributed by atoms with van der Waals surface area (Å²) in [6.45, 7) is 14.5. The third-order valence-electron chi connectivity index (χ3n) is 14.0. The van der Waals surface area contributed by atoms with Gasteiger partial charge in [-0.1, -0.05) is 48.5 Å². The number of esters is 1. The van der Waals surface area contributed by atoms with Crippen LogP contribution in [-0.2, 0) is 52.7 Å². The molecule has 380 valence electrons. The molecule has 5 fully saturated rings. The summed E-state index contributed by atoms with van der Waals surface area (Å²) in [6.07, 6.45) is 0.469. The highest BCUT2D eigenvalue weighted by Gasteiger charge is 2.59. The molecule has 11 unspecified atom stereocenters. The van der Waals surface area contributed by atoms with Gasteiger partial charge in [0, 0.05) is 26.1 Å². The number of ether oxygens (including phenoxy) is 2. The number of cyclic esters (lactones) is 1. The number of rotatable bonds is 10. The lowest BCUT2D eigenvalue weighted by Gasteiger charge is -2.48. The average Bonchev–Trinajstić information content (AvgIpc) is 3.61. The van der Waals surface area contributed by atoms with Gasteiger partial charge in [-0.05, 0) is 88.9 Å². The van der Waals surface area contributed by atoms with Crippen molar-refractivity contribution in [3.63, 3.8) is 0 Å². The molecule has 0 aromatic rings. The Labute approximate surface area is 393 Å². The zero-order valence-electron chi connectivity index (χ0n) is 41.1. The number of hydroxylamine groups is 4. The third-order valence-corrected chi connectivity index (χ3v) is 14.0. The lowest BCUT2D eigenvalue weighted by Crippen LogP contribution is -2.70. The van der Waals surface area contributed by atoms with Crippen LogP contribution in [0.15, 0.2) is 0 Å². The summed E-state index contributed by atoms with van der Waals surface area (Å²) >= 11 is 0. The van der Waals surface area contributed by atoms with Gasteiger partial charge >= 0.3 is 5.97 Å². The maximum absolute atomic E-state index is 15.2. The molecule has 5 heterocycles. The molecule has 6 N–H and O–H groups in total. The first-order chi connectivity index (χ1) is 31.4. The Kier molecular flexibility index (Phi) is 17.5. The van der Waals surface area contributed by atoms with Crippen molar-refractivity contribution >= 4 is 41.4 Å². The number of aliphatic hydroxyl groups is 3. The minimum Gasteiger partial charge on any atom is -0.458 e. The Morgan fingerprint density at radius 3 is 2.03 bits per heavy atom. The van der Waals surface area contributed by atoms with E-state index in [0.717, 1.165) is 52.6 Å². The molecule has 6 amide bonds. The van der Waals surface area contributed by atoms with E-state index in [9.17, 15) is 44.1 Å². The van der Waals surface area contributed by atoms with Crippen LogP contribution in [0.3, 0.4) is 0 Å². The second-order valence-electron chi connectivity index (χ2n) is 20.2. The molecule has 0 aromatic heterocycles. The van der Waals surface area contributed by atoms with E-state index in [0.29, 0.717) is 38.1 Å². The Hall–Kier alpha value is -4.03. The molecule has 0 bridgehead atoms. The summed E-state index contributed by atoms with van der Waals surface area (Å²) in [4.78, 5) is 115. The van der Waals surface area contributed by atoms with Crippen molar-refractivity contribution in [3.05, 3.63) is 0 Å². The number of fused-ring (bicyclic) bond motifs is 3. The number of amides is 6. The van der Waals surface area contributed by atoms with Crippen LogP contribution < -0.4 is 16.2 Å². The summed E-state index contributed by atoms with van der Waals surface area (Å²) < 4.78 is 12.4. The van der Waals surface area contributed by atoms with E-state index >= 15 is 4.79 Å². The summed E-state index contributed by atoms with van der Waals surface area (Å²) in [5, 5.41) is 41.9. The summed E-state index contributed by atoms with van der Waals surface area (Å²) in [6, 6.07) is -7.60. The third kappa shape index (κ3) is 11.1. The van der Waals surface area contributed by atoms with Gasteiger partial charge < -0.3 is 35.0 Å². The van der Waals surface area contributed by atoms with Gasteiger partial charge in [-0.2, -0.15) is 0 Å². The fourth-order valence-corrected chi connectivity index (χ4v) is 10.2. The van der Waals surface area contributed by atoms with E-state index in [1.165, 1.54) is 6.92 Å². The average molecular weight is 953 g/mol. The zero-order valence-corrected chi connectivity index (χ0v) is 41.1. The van der Waals surface area contributed by atoms with E-state index in [4.69, 9.17) is 19.1 Å². The monoisotopic (exact) mass is 953 g/mol. The van der Waals surface area contributed by atoms with Gasteiger partial charge in [0.05, 0.1) is 25.9 Å². The second-order valence-corrected chi connectivity index (χ2v) is 20.2. The zero-order chi connectivity index (χ0) is 49.9. The Balaban J connectivity index is 1.64. The first kappa shape index (κ1) is 53.9. The number of nitrogens with zero attached hydrogens (tertiary/aromatic N) is 5. The fraction of sp³-hybridized carbons (Fsp3) is 0.844. The summed E-state index contributed by atoms with van der Waals surface area (Å²) in [7, 11) is 2.30. The maximum Gasteiger partial charge on any atom is 0.332 e. The van der Waals surface area contributed by atoms with Crippen LogP contribution in [0, 0.1) is 23.7 Å². The van der Waals surface area contributed by atoms with E-state index in [1.807, 2.05) is 6.92 Å². The van der Waals surface area contributed by atoms with Crippen molar-refractivity contribution < 1.29 is 68.0 Å². The van der Waals surface area contributed by atoms with Crippen molar-refractivity contribution in [2.24, 2.45) is 23.7 Å². The van der Waals surface area contributed by atoms with Gasteiger partial charge in [0.1, 0.15) is 36.8 Å². The molecule has 22 heteroatoms. The van der Waals surface area contributed by atoms with Gasteiger partial charge in [0.15, 0.2) is 11.6 Å². The lowest BCUT2D eigenvalue weighted by atomic mass is 9.78. The van der Waals surface area contributed by atoms with E-state index in [1.54, 1.807) is 27.7 Å². The number of hydrogen-bond acceptors (Lipinski definition) is 16. The largest absolute Gasteiger partial charge is 0.458 e. The molecule has 0 saturated carbocycles. The molecule has 5 rings (SSSR count). The minimum atomic E-state index is -2.70. The van der Waals surface area contributed by atoms with Crippen LogP contribution >= 0.6 is 0 Å². The van der Waals surface area contributed by atoms with Crippen LogP contribution in [0.1, 0.15) is 120 Å². The quantitative estimate of drug-likeness (QED) is 0.156. The van der Waals surface area contributed by atoms with Crippen LogP contribution in [0.2, 0.25) is 0 Å². The van der Waals surface area contributed by atoms with Gasteiger partial charge in [-0.15, -0.1) is 0 Å². The molecule has 22 nitrogen and oxygen atoms in total. The molecular weight excluding hydrogens is 877 g/mol. The first-order valence-corrected chi connectivity index (χ1v) is 23.9. The standard InChI is InChI=1S/C45H76N8O14/c1-12-31-28(23-25(2)3)17-18-45(63,67-31)44(9,62)42(60)48-33-35(27(6)7)66-41(59)34(26(4)5)53(65-11)40(58)36-43(8,61)19-22-49(36)37(55)29-15-13-20-46-51(29)32(54)24-50(64-10)38(56)30-16-14-21-47-52(30)39(33)57/h25-31,33-36,46-47,61-63H,12-24H2,1-11H3,(H,48,60). The second kappa shape index (κ2) is 21.7. The normalized spacial score (nSPS) is 34.4. The molecule has 0 radical (unpaired) electrons. The van der Waals surface area contributed by atoms with Crippen LogP contribution in [0.25, 0.3) is 0 Å². The predicted molar refractivity (Wildman–Crippen MR) is 237 cm³/mol. The van der Waals surface area contributed by atoms with E-state index in [2.05, 4.69) is 30.0 Å². The van der Waals surface area contributed by atoms with Gasteiger partial charge in [0.25, 0.3) is 29.5 Å². The number of nitrogens with one attached hydrogen (secondary N) is 3. The molecular formula is C45H76N8O14. The Morgan fingerprint density at radius 2 is 1.48 bits per heavy atom. The molecule has 11 atom stereocenters. The van der Waals surface area contributed by atoms with E-state index < -0.39 is 119 Å². The van der Waals surface area contributed by atoms with Gasteiger partial charge in [-0.25, -0.2) is 25.8 Å². The molecule has 67 heavy (non-hydrogen) atoms. The number of carbonyl (C=O) groups is 7. The predicted octanol–water partition coefficient (Wildman–Crippen LogP) is -0.109. The minimum absolute atomic E-state index is 0.0385. The molecule has 5 aliphatic rings. The van der Waals surface area contributed by atoms with Crippen molar-refractivity contribution in [2.45, 2.75) is 180 Å². The molecule has 5 aliphatic heterocycles. The van der Waals surface area contributed by atoms with Crippen molar-refractivity contribution in [1.29, 1.82) is 0 Å². The van der Waals surface area contributed by atoms with Crippen LogP contribution in [-0.4, -0.2) is 182 Å². The topological polar surface area (TPSA) is 269 Å². The summed E-state index contributed by atoms with van der Waals surface area (Å²) in [5.41, 5.74) is 1.34. The number of carbonyl (C=O) groups excluding carboxylic acids is 7. The fourth-order valence-electron chi connectivity index (χ4n) is 10.2. The molecule has 5 saturated heterocycles. The van der Waals surface area contributed by atoms with Crippen molar-refractivity contribution in [2.75, 3.05) is 40.4 Å². The highest BCUT2D eigenvalue weighted by molar-refractivity contribution is 5.97. The first-order valence-electron chi connectivity index (χ1n) is 23.9. The Morgan fingerprint density at radius 1 is 0.866 bits per heavy atom. The Bertz CT molecular complexity index is 1830. The molecule has 0 aromatic carbocycles. The highest BCUT2D eigenvalue weighted by atomic mass is 16.7. The van der Waals surface area contributed by atoms with Gasteiger partial charge in [0.2, 0.25) is 11.7 Å². The van der Waals surface area contributed by atoms with E-state index in [-0.39, 0.29) is 44.7 Å². The molecule has 0 aliphatic carbocycles. The number of hydrogen-bond donors (Lipinski definition) is 6. The molecule has 0 spiro atoms. The highest BCUT2D eigenvalue weighted by Crippen LogP contribution is 2.42. The lowest BCUT2D eigenvalue weighted by molar-refractivity contribution is -0.329. The SMILES string of the molecule is CCC1OC(O)(C(C)(O)C(=O)NC2C(=O)N3NCCCC3C(=O)N(OC)CC(=O)N3NCCCC3C(=O)N3CCC(C)(O)C3C(=O)N(OC)C(C(C)C)C(=O)OC2C(C)C)CCC1CC(C)C. The van der Waals surface area contributed by atoms with Crippen molar-refractivity contribution in [1.82, 2.24) is 41.2 Å². The van der Waals surface area contributed by atoms with Crippen molar-refractivity contribution in [3.8, 4) is 0 Å². The van der Waals surface area contributed by atoms with Crippen LogP contribution in [0.4, 0.5) is 0 Å².